The number of rotatable bonds is 7. The smallest absolute Gasteiger partial charge is 0.234 e. The number of hydrogen-bond donors (Lipinski definition) is 1. The van der Waals surface area contributed by atoms with Gasteiger partial charge in [0.1, 0.15) is 0 Å². The van der Waals surface area contributed by atoms with Gasteiger partial charge in [-0.3, -0.25) is 4.79 Å². The molecule has 2 aromatic carbocycles. The fraction of sp³-hybridized carbons (Fsp3) is 0.278. The highest BCUT2D eigenvalue weighted by atomic mass is 35.5. The molecule has 23 heavy (non-hydrogen) atoms. The van der Waals surface area contributed by atoms with Crippen LogP contribution in [0, 0.1) is 0 Å². The summed E-state index contributed by atoms with van der Waals surface area (Å²) in [5.74, 6) is 0.227. The zero-order valence-electron chi connectivity index (χ0n) is 12.9. The summed E-state index contributed by atoms with van der Waals surface area (Å²) in [6.07, 6.45) is 3.44. The molecule has 122 valence electrons. The average molecular weight is 368 g/mol. The van der Waals surface area contributed by atoms with Crippen molar-refractivity contribution in [3.63, 3.8) is 0 Å². The summed E-state index contributed by atoms with van der Waals surface area (Å²) in [6.45, 7) is 2.18. The van der Waals surface area contributed by atoms with Crippen molar-refractivity contribution in [3.8, 4) is 0 Å². The molecule has 0 aliphatic heterocycles. The molecule has 0 saturated heterocycles. The molecule has 0 aliphatic rings. The number of carbonyl (C=O) groups excluding carboxylic acids is 1. The van der Waals surface area contributed by atoms with Crippen LogP contribution >= 0.6 is 35.0 Å². The number of nitrogens with one attached hydrogen (secondary N) is 1. The molecule has 2 aromatic rings. The highest BCUT2D eigenvalue weighted by molar-refractivity contribution is 8.00. The van der Waals surface area contributed by atoms with E-state index in [4.69, 9.17) is 23.2 Å². The molecule has 0 unspecified atom stereocenters. The van der Waals surface area contributed by atoms with Gasteiger partial charge in [0.15, 0.2) is 0 Å². The molecule has 0 atom stereocenters. The highest BCUT2D eigenvalue weighted by Gasteiger charge is 2.07. The van der Waals surface area contributed by atoms with Gasteiger partial charge in [0.05, 0.1) is 10.8 Å². The maximum atomic E-state index is 12.0. The Kier molecular flexibility index (Phi) is 7.28. The number of benzene rings is 2. The lowest BCUT2D eigenvalue weighted by Crippen LogP contribution is -2.13. The molecular weight excluding hydrogens is 349 g/mol. The molecule has 0 aliphatic carbocycles. The summed E-state index contributed by atoms with van der Waals surface area (Å²) in [4.78, 5) is 12.8. The van der Waals surface area contributed by atoms with Gasteiger partial charge >= 0.3 is 0 Å². The number of thioether (sulfide) groups is 1. The van der Waals surface area contributed by atoms with Crippen molar-refractivity contribution in [2.75, 3.05) is 11.1 Å². The predicted octanol–water partition coefficient (Wildman–Crippen LogP) is 6.07. The Morgan fingerprint density at radius 3 is 2.57 bits per heavy atom. The van der Waals surface area contributed by atoms with Crippen molar-refractivity contribution >= 4 is 46.6 Å². The quantitative estimate of drug-likeness (QED) is 0.601. The standard InChI is InChI=1S/C18H19Cl2NOS/c1-2-3-4-13-5-8-15(9-6-13)21-18(22)12-23-17-11-14(19)7-10-16(17)20/h5-11H,2-4,12H2,1H3,(H,21,22). The number of halogens is 2. The molecule has 0 spiro atoms. The molecule has 0 heterocycles. The summed E-state index contributed by atoms with van der Waals surface area (Å²) >= 11 is 13.4. The van der Waals surface area contributed by atoms with Gasteiger partial charge in [-0.15, -0.1) is 11.8 Å². The Labute approximate surface area is 151 Å². The third-order valence-corrected chi connectivity index (χ3v) is 5.04. The largest absolute Gasteiger partial charge is 0.325 e. The van der Waals surface area contributed by atoms with Crippen molar-refractivity contribution in [2.24, 2.45) is 0 Å². The van der Waals surface area contributed by atoms with E-state index in [9.17, 15) is 4.79 Å². The van der Waals surface area contributed by atoms with Gasteiger partial charge in [-0.05, 0) is 48.7 Å². The number of anilines is 1. The highest BCUT2D eigenvalue weighted by Crippen LogP contribution is 2.29. The van der Waals surface area contributed by atoms with Gasteiger partial charge in [-0.2, -0.15) is 0 Å². The second kappa shape index (κ2) is 9.21. The Balaban J connectivity index is 1.85. The minimum absolute atomic E-state index is 0.0626. The molecule has 1 N–H and O–H groups in total. The number of hydrogen-bond acceptors (Lipinski definition) is 2. The van der Waals surface area contributed by atoms with Crippen molar-refractivity contribution in [1.82, 2.24) is 0 Å². The fourth-order valence-corrected chi connectivity index (χ4v) is 3.36. The first-order valence-corrected chi connectivity index (χ1v) is 9.29. The molecule has 0 bridgehead atoms. The summed E-state index contributed by atoms with van der Waals surface area (Å²) in [5, 5.41) is 4.11. The molecule has 1 amide bonds. The summed E-state index contributed by atoms with van der Waals surface area (Å²) < 4.78 is 0. The lowest BCUT2D eigenvalue weighted by atomic mass is 10.1. The maximum Gasteiger partial charge on any atom is 0.234 e. The van der Waals surface area contributed by atoms with Crippen molar-refractivity contribution in [1.29, 1.82) is 0 Å². The molecule has 2 nitrogen and oxygen atoms in total. The first-order valence-electron chi connectivity index (χ1n) is 7.55. The maximum absolute atomic E-state index is 12.0. The molecular formula is C18H19Cl2NOS. The Morgan fingerprint density at radius 1 is 1.13 bits per heavy atom. The topological polar surface area (TPSA) is 29.1 Å². The normalized spacial score (nSPS) is 10.6. The third-order valence-electron chi connectivity index (χ3n) is 3.31. The van der Waals surface area contributed by atoms with Gasteiger partial charge in [-0.1, -0.05) is 48.7 Å². The predicted molar refractivity (Wildman–Crippen MR) is 101 cm³/mol. The van der Waals surface area contributed by atoms with E-state index in [2.05, 4.69) is 24.4 Å². The van der Waals surface area contributed by atoms with Crippen LogP contribution in [0.1, 0.15) is 25.3 Å². The van der Waals surface area contributed by atoms with Crippen LogP contribution in [0.4, 0.5) is 5.69 Å². The summed E-state index contributed by atoms with van der Waals surface area (Å²) in [6, 6.07) is 13.2. The monoisotopic (exact) mass is 367 g/mol. The van der Waals surface area contributed by atoms with Crippen molar-refractivity contribution in [3.05, 3.63) is 58.1 Å². The SMILES string of the molecule is CCCCc1ccc(NC(=O)CSc2cc(Cl)ccc2Cl)cc1. The van der Waals surface area contributed by atoms with E-state index >= 15 is 0 Å². The summed E-state index contributed by atoms with van der Waals surface area (Å²) in [7, 11) is 0. The Bertz CT molecular complexity index is 659. The van der Waals surface area contributed by atoms with Gasteiger partial charge < -0.3 is 5.32 Å². The van der Waals surface area contributed by atoms with E-state index in [1.54, 1.807) is 18.2 Å². The first-order chi connectivity index (χ1) is 11.1. The minimum atomic E-state index is -0.0626. The molecule has 0 aromatic heterocycles. The summed E-state index contributed by atoms with van der Waals surface area (Å²) in [5.41, 5.74) is 2.11. The zero-order chi connectivity index (χ0) is 16.7. The van der Waals surface area contributed by atoms with E-state index in [0.29, 0.717) is 10.0 Å². The van der Waals surface area contributed by atoms with Crippen LogP contribution in [0.15, 0.2) is 47.4 Å². The minimum Gasteiger partial charge on any atom is -0.325 e. The molecule has 0 saturated carbocycles. The molecule has 2 rings (SSSR count). The Hall–Kier alpha value is -1.16. The van der Waals surface area contributed by atoms with Crippen LogP contribution in [-0.4, -0.2) is 11.7 Å². The van der Waals surface area contributed by atoms with Gasteiger partial charge in [0, 0.05) is 15.6 Å². The van der Waals surface area contributed by atoms with Crippen LogP contribution in [0.25, 0.3) is 0 Å². The zero-order valence-corrected chi connectivity index (χ0v) is 15.3. The second-order valence-electron chi connectivity index (χ2n) is 5.21. The first kappa shape index (κ1) is 18.2. The lowest BCUT2D eigenvalue weighted by molar-refractivity contribution is -0.113. The van der Waals surface area contributed by atoms with Crippen molar-refractivity contribution in [2.45, 2.75) is 31.1 Å². The van der Waals surface area contributed by atoms with Crippen LogP contribution in [0.3, 0.4) is 0 Å². The molecule has 0 fully saturated rings. The van der Waals surface area contributed by atoms with E-state index in [-0.39, 0.29) is 11.7 Å². The molecule has 0 radical (unpaired) electrons. The third kappa shape index (κ3) is 6.09. The number of aryl methyl sites for hydroxylation is 1. The van der Waals surface area contributed by atoms with E-state index in [1.807, 2.05) is 12.1 Å². The van der Waals surface area contributed by atoms with Gasteiger partial charge in [0.2, 0.25) is 5.91 Å². The lowest BCUT2D eigenvalue weighted by Gasteiger charge is -2.07. The second-order valence-corrected chi connectivity index (χ2v) is 7.07. The number of unbranched alkanes of at least 4 members (excludes halogenated alkanes) is 1. The number of amides is 1. The average Bonchev–Trinajstić information content (AvgIpc) is 2.55. The van der Waals surface area contributed by atoms with Crippen LogP contribution in [0.2, 0.25) is 10.0 Å². The van der Waals surface area contributed by atoms with E-state index < -0.39 is 0 Å². The molecule has 5 heteroatoms. The van der Waals surface area contributed by atoms with Crippen LogP contribution < -0.4 is 5.32 Å². The van der Waals surface area contributed by atoms with Gasteiger partial charge in [-0.25, -0.2) is 0 Å². The van der Waals surface area contributed by atoms with E-state index in [0.717, 1.165) is 17.0 Å². The Morgan fingerprint density at radius 2 is 1.87 bits per heavy atom. The van der Waals surface area contributed by atoms with E-state index in [1.165, 1.54) is 30.2 Å². The fourth-order valence-electron chi connectivity index (χ4n) is 2.06. The number of carbonyl (C=O) groups is 1. The van der Waals surface area contributed by atoms with Crippen molar-refractivity contribution < 1.29 is 4.79 Å². The van der Waals surface area contributed by atoms with Crippen LogP contribution in [0.5, 0.6) is 0 Å². The van der Waals surface area contributed by atoms with Gasteiger partial charge in [0.25, 0.3) is 0 Å². The van der Waals surface area contributed by atoms with Crippen LogP contribution in [-0.2, 0) is 11.2 Å².